The standard InChI is InChI=1S/C13H16N2O/c1-9-8-15(4)12-7-10(5-6-11(9)12)13(16)14(2)3/h5-8H,1-4H3. The molecule has 0 fully saturated rings. The van der Waals surface area contributed by atoms with Crippen molar-refractivity contribution in [3.05, 3.63) is 35.5 Å². The Bertz CT molecular complexity index is 552. The maximum atomic E-state index is 11.8. The Morgan fingerprint density at radius 1 is 1.31 bits per heavy atom. The molecule has 1 aromatic heterocycles. The van der Waals surface area contributed by atoms with Crippen LogP contribution in [0.25, 0.3) is 10.9 Å². The Balaban J connectivity index is 2.60. The van der Waals surface area contributed by atoms with Crippen LogP contribution >= 0.6 is 0 Å². The molecule has 0 spiro atoms. The number of fused-ring (bicyclic) bond motifs is 1. The number of rotatable bonds is 1. The number of hydrogen-bond acceptors (Lipinski definition) is 1. The summed E-state index contributed by atoms with van der Waals surface area (Å²) in [6.45, 7) is 2.08. The normalized spacial score (nSPS) is 10.8. The largest absolute Gasteiger partial charge is 0.350 e. The van der Waals surface area contributed by atoms with Crippen LogP contribution in [0.1, 0.15) is 15.9 Å². The average Bonchev–Trinajstić information content (AvgIpc) is 2.53. The van der Waals surface area contributed by atoms with Crippen LogP contribution in [0.5, 0.6) is 0 Å². The van der Waals surface area contributed by atoms with Crippen LogP contribution in [-0.4, -0.2) is 29.5 Å². The molecule has 0 saturated heterocycles. The summed E-state index contributed by atoms with van der Waals surface area (Å²) >= 11 is 0. The van der Waals surface area contributed by atoms with Crippen molar-refractivity contribution in [1.82, 2.24) is 9.47 Å². The van der Waals surface area contributed by atoms with Crippen LogP contribution in [0.15, 0.2) is 24.4 Å². The van der Waals surface area contributed by atoms with Crippen LogP contribution in [0.4, 0.5) is 0 Å². The van der Waals surface area contributed by atoms with Gasteiger partial charge in [-0.15, -0.1) is 0 Å². The molecule has 3 heteroatoms. The van der Waals surface area contributed by atoms with Crippen LogP contribution in [0.3, 0.4) is 0 Å². The Hall–Kier alpha value is -1.77. The highest BCUT2D eigenvalue weighted by Crippen LogP contribution is 2.21. The van der Waals surface area contributed by atoms with Crippen molar-refractivity contribution >= 4 is 16.8 Å². The fraction of sp³-hybridized carbons (Fsp3) is 0.308. The van der Waals surface area contributed by atoms with Crippen molar-refractivity contribution in [3.63, 3.8) is 0 Å². The molecular formula is C13H16N2O. The lowest BCUT2D eigenvalue weighted by atomic mass is 10.1. The molecule has 0 N–H and O–H groups in total. The summed E-state index contributed by atoms with van der Waals surface area (Å²) in [6.07, 6.45) is 2.08. The third kappa shape index (κ3) is 1.58. The molecule has 2 rings (SSSR count). The first-order valence-electron chi connectivity index (χ1n) is 5.28. The monoisotopic (exact) mass is 216 g/mol. The Morgan fingerprint density at radius 2 is 2.00 bits per heavy atom. The van der Waals surface area contributed by atoms with Gasteiger partial charge in [-0.25, -0.2) is 0 Å². The van der Waals surface area contributed by atoms with E-state index in [0.29, 0.717) is 0 Å². The van der Waals surface area contributed by atoms with E-state index in [1.54, 1.807) is 19.0 Å². The first-order valence-corrected chi connectivity index (χ1v) is 5.28. The summed E-state index contributed by atoms with van der Waals surface area (Å²) in [5.41, 5.74) is 3.07. The zero-order chi connectivity index (χ0) is 11.9. The van der Waals surface area contributed by atoms with Crippen molar-refractivity contribution < 1.29 is 4.79 Å². The van der Waals surface area contributed by atoms with Gasteiger partial charge in [0.15, 0.2) is 0 Å². The Morgan fingerprint density at radius 3 is 2.62 bits per heavy atom. The van der Waals surface area contributed by atoms with Gasteiger partial charge in [0.25, 0.3) is 5.91 Å². The van der Waals surface area contributed by atoms with Crippen molar-refractivity contribution in [2.24, 2.45) is 7.05 Å². The zero-order valence-corrected chi connectivity index (χ0v) is 10.1. The third-order valence-corrected chi connectivity index (χ3v) is 2.84. The topological polar surface area (TPSA) is 25.2 Å². The molecule has 0 aliphatic carbocycles. The average molecular weight is 216 g/mol. The molecule has 1 amide bonds. The molecule has 1 heterocycles. The molecule has 0 aliphatic rings. The molecule has 0 unspecified atom stereocenters. The van der Waals surface area contributed by atoms with Crippen LogP contribution in [0, 0.1) is 6.92 Å². The fourth-order valence-electron chi connectivity index (χ4n) is 1.98. The second-order valence-corrected chi connectivity index (χ2v) is 4.35. The maximum absolute atomic E-state index is 11.8. The van der Waals surface area contributed by atoms with Gasteiger partial charge in [0.05, 0.1) is 0 Å². The van der Waals surface area contributed by atoms with Gasteiger partial charge in [-0.2, -0.15) is 0 Å². The zero-order valence-electron chi connectivity index (χ0n) is 10.1. The minimum Gasteiger partial charge on any atom is -0.350 e. The van der Waals surface area contributed by atoms with Crippen molar-refractivity contribution in [1.29, 1.82) is 0 Å². The highest BCUT2D eigenvalue weighted by molar-refractivity contribution is 5.98. The number of carbonyl (C=O) groups is 1. The number of amides is 1. The molecule has 0 radical (unpaired) electrons. The number of aromatic nitrogens is 1. The lowest BCUT2D eigenvalue weighted by Gasteiger charge is -2.10. The Labute approximate surface area is 95.3 Å². The van der Waals surface area contributed by atoms with E-state index in [1.807, 2.05) is 25.2 Å². The number of hydrogen-bond donors (Lipinski definition) is 0. The molecule has 84 valence electrons. The van der Waals surface area contributed by atoms with E-state index in [2.05, 4.69) is 17.7 Å². The first kappa shape index (κ1) is 10.7. The van der Waals surface area contributed by atoms with E-state index < -0.39 is 0 Å². The highest BCUT2D eigenvalue weighted by Gasteiger charge is 2.10. The van der Waals surface area contributed by atoms with Gasteiger partial charge < -0.3 is 9.47 Å². The van der Waals surface area contributed by atoms with Gasteiger partial charge in [0.2, 0.25) is 0 Å². The first-order chi connectivity index (χ1) is 7.50. The number of aryl methyl sites for hydroxylation is 2. The van der Waals surface area contributed by atoms with Gasteiger partial charge >= 0.3 is 0 Å². The predicted octanol–water partition coefficient (Wildman–Crippen LogP) is 2.19. The fourth-order valence-corrected chi connectivity index (χ4v) is 1.98. The molecule has 16 heavy (non-hydrogen) atoms. The van der Waals surface area contributed by atoms with Gasteiger partial charge in [-0.05, 0) is 24.6 Å². The van der Waals surface area contributed by atoms with Gasteiger partial charge in [0.1, 0.15) is 0 Å². The Kier molecular flexibility index (Phi) is 2.46. The van der Waals surface area contributed by atoms with Gasteiger partial charge in [-0.3, -0.25) is 4.79 Å². The van der Waals surface area contributed by atoms with Gasteiger partial charge in [0, 0.05) is 43.8 Å². The van der Waals surface area contributed by atoms with Crippen molar-refractivity contribution in [3.8, 4) is 0 Å². The van der Waals surface area contributed by atoms with Crippen molar-refractivity contribution in [2.75, 3.05) is 14.1 Å². The summed E-state index contributed by atoms with van der Waals surface area (Å²) in [6, 6.07) is 5.85. The smallest absolute Gasteiger partial charge is 0.253 e. The molecule has 0 saturated carbocycles. The lowest BCUT2D eigenvalue weighted by Crippen LogP contribution is -2.21. The maximum Gasteiger partial charge on any atom is 0.253 e. The second-order valence-electron chi connectivity index (χ2n) is 4.35. The van der Waals surface area contributed by atoms with E-state index in [-0.39, 0.29) is 5.91 Å². The summed E-state index contributed by atoms with van der Waals surface area (Å²) in [7, 11) is 5.53. The third-order valence-electron chi connectivity index (χ3n) is 2.84. The molecule has 1 aromatic carbocycles. The predicted molar refractivity (Wildman–Crippen MR) is 65.7 cm³/mol. The molecule has 0 aliphatic heterocycles. The quantitative estimate of drug-likeness (QED) is 0.717. The lowest BCUT2D eigenvalue weighted by molar-refractivity contribution is 0.0828. The summed E-state index contributed by atoms with van der Waals surface area (Å²) < 4.78 is 2.05. The summed E-state index contributed by atoms with van der Waals surface area (Å²) in [4.78, 5) is 13.4. The van der Waals surface area contributed by atoms with E-state index in [0.717, 1.165) is 11.1 Å². The SMILES string of the molecule is Cc1cn(C)c2cc(C(=O)N(C)C)ccc12. The molecule has 0 bridgehead atoms. The molecule has 0 atom stereocenters. The minimum absolute atomic E-state index is 0.0424. The summed E-state index contributed by atoms with van der Waals surface area (Å²) in [5.74, 6) is 0.0424. The molecule has 3 nitrogen and oxygen atoms in total. The van der Waals surface area contributed by atoms with E-state index in [9.17, 15) is 4.79 Å². The van der Waals surface area contributed by atoms with E-state index >= 15 is 0 Å². The van der Waals surface area contributed by atoms with Crippen LogP contribution in [-0.2, 0) is 7.05 Å². The highest BCUT2D eigenvalue weighted by atomic mass is 16.2. The second kappa shape index (κ2) is 3.67. The number of benzene rings is 1. The number of nitrogens with zero attached hydrogens (tertiary/aromatic N) is 2. The number of carbonyl (C=O) groups excluding carboxylic acids is 1. The molecular weight excluding hydrogens is 200 g/mol. The summed E-state index contributed by atoms with van der Waals surface area (Å²) in [5, 5.41) is 1.21. The van der Waals surface area contributed by atoms with Crippen LogP contribution in [0.2, 0.25) is 0 Å². The van der Waals surface area contributed by atoms with E-state index in [1.165, 1.54) is 10.9 Å². The minimum atomic E-state index is 0.0424. The van der Waals surface area contributed by atoms with Crippen LogP contribution < -0.4 is 0 Å². The van der Waals surface area contributed by atoms with E-state index in [4.69, 9.17) is 0 Å². The molecule has 2 aromatic rings. The van der Waals surface area contributed by atoms with Gasteiger partial charge in [-0.1, -0.05) is 6.07 Å². The van der Waals surface area contributed by atoms with Crippen molar-refractivity contribution in [2.45, 2.75) is 6.92 Å².